The van der Waals surface area contributed by atoms with Crippen molar-refractivity contribution in [3.8, 4) is 11.3 Å². The number of halogens is 2. The molecule has 5 heteroatoms. The van der Waals surface area contributed by atoms with Gasteiger partial charge in [-0.2, -0.15) is 0 Å². The van der Waals surface area contributed by atoms with Gasteiger partial charge < -0.3 is 10.7 Å². The molecular weight excluding hydrogens is 248 g/mol. The van der Waals surface area contributed by atoms with Crippen molar-refractivity contribution in [2.45, 2.75) is 26.3 Å². The van der Waals surface area contributed by atoms with Crippen LogP contribution in [0.4, 0.5) is 8.78 Å². The third kappa shape index (κ3) is 2.81. The van der Waals surface area contributed by atoms with Crippen LogP contribution in [0.1, 0.15) is 32.1 Å². The van der Waals surface area contributed by atoms with E-state index in [1.165, 1.54) is 18.3 Å². The molecule has 1 heterocycles. The Morgan fingerprint density at radius 3 is 2.74 bits per heavy atom. The number of nitrogens with one attached hydrogen (secondary N) is 1. The molecule has 0 fully saturated rings. The van der Waals surface area contributed by atoms with Gasteiger partial charge in [-0.1, -0.05) is 20.3 Å². The third-order valence-corrected chi connectivity index (χ3v) is 3.39. The maximum absolute atomic E-state index is 13.7. The molecule has 19 heavy (non-hydrogen) atoms. The molecule has 1 aromatic heterocycles. The average Bonchev–Trinajstić information content (AvgIpc) is 2.86. The summed E-state index contributed by atoms with van der Waals surface area (Å²) in [6, 6.07) is 3.23. The molecule has 0 aliphatic heterocycles. The monoisotopic (exact) mass is 265 g/mol. The van der Waals surface area contributed by atoms with Crippen LogP contribution in [0.2, 0.25) is 0 Å². The summed E-state index contributed by atoms with van der Waals surface area (Å²) in [6.07, 6.45) is 2.45. The topological polar surface area (TPSA) is 54.7 Å². The van der Waals surface area contributed by atoms with E-state index in [9.17, 15) is 8.78 Å². The van der Waals surface area contributed by atoms with Gasteiger partial charge in [0.2, 0.25) is 0 Å². The minimum atomic E-state index is -0.618. The summed E-state index contributed by atoms with van der Waals surface area (Å²) in [6.45, 7) is 4.08. The van der Waals surface area contributed by atoms with E-state index in [0.717, 1.165) is 12.5 Å². The van der Waals surface area contributed by atoms with Gasteiger partial charge in [-0.25, -0.2) is 13.8 Å². The van der Waals surface area contributed by atoms with Crippen LogP contribution in [0.25, 0.3) is 11.3 Å². The molecule has 3 nitrogen and oxygen atoms in total. The number of rotatable bonds is 4. The number of nitrogens with two attached hydrogens (primary N) is 1. The fourth-order valence-corrected chi connectivity index (χ4v) is 1.87. The molecule has 0 spiro atoms. The number of hydrogen-bond donors (Lipinski definition) is 2. The predicted octanol–water partition coefficient (Wildman–Crippen LogP) is 3.40. The first-order chi connectivity index (χ1) is 9.02. The van der Waals surface area contributed by atoms with Gasteiger partial charge in [0.15, 0.2) is 0 Å². The van der Waals surface area contributed by atoms with E-state index < -0.39 is 11.6 Å². The lowest BCUT2D eigenvalue weighted by Gasteiger charge is -2.15. The van der Waals surface area contributed by atoms with Crippen molar-refractivity contribution in [1.82, 2.24) is 9.97 Å². The van der Waals surface area contributed by atoms with Crippen LogP contribution < -0.4 is 5.73 Å². The zero-order valence-electron chi connectivity index (χ0n) is 11.0. The molecule has 2 rings (SSSR count). The number of imidazole rings is 1. The summed E-state index contributed by atoms with van der Waals surface area (Å²) in [5.74, 6) is -0.324. The maximum atomic E-state index is 13.7. The fourth-order valence-electron chi connectivity index (χ4n) is 1.87. The lowest BCUT2D eigenvalue weighted by Crippen LogP contribution is -2.19. The first kappa shape index (κ1) is 13.7. The van der Waals surface area contributed by atoms with Crippen molar-refractivity contribution in [3.63, 3.8) is 0 Å². The molecule has 102 valence electrons. The molecule has 2 atom stereocenters. The predicted molar refractivity (Wildman–Crippen MR) is 70.3 cm³/mol. The first-order valence-corrected chi connectivity index (χ1v) is 6.28. The summed E-state index contributed by atoms with van der Waals surface area (Å²) >= 11 is 0. The molecule has 0 saturated carbocycles. The Hall–Kier alpha value is -1.75. The summed E-state index contributed by atoms with van der Waals surface area (Å²) in [4.78, 5) is 7.19. The highest BCUT2D eigenvalue weighted by Crippen LogP contribution is 2.25. The molecule has 2 aromatic rings. The third-order valence-electron chi connectivity index (χ3n) is 3.39. The van der Waals surface area contributed by atoms with E-state index in [2.05, 4.69) is 9.97 Å². The summed E-state index contributed by atoms with van der Waals surface area (Å²) in [5.41, 5.74) is 6.85. The lowest BCUT2D eigenvalue weighted by molar-refractivity contribution is 0.441. The molecule has 0 bridgehead atoms. The van der Waals surface area contributed by atoms with E-state index in [1.807, 2.05) is 13.8 Å². The van der Waals surface area contributed by atoms with Crippen molar-refractivity contribution in [2.75, 3.05) is 0 Å². The van der Waals surface area contributed by atoms with Crippen molar-refractivity contribution in [1.29, 1.82) is 0 Å². The molecule has 0 aliphatic rings. The second-order valence-corrected chi connectivity index (χ2v) is 4.72. The van der Waals surface area contributed by atoms with Crippen molar-refractivity contribution >= 4 is 0 Å². The summed E-state index contributed by atoms with van der Waals surface area (Å²) < 4.78 is 26.5. The standard InChI is InChI=1S/C14H17F2N3/c1-3-8(2)13(17)14-18-7-12(19-14)10-5-4-9(15)6-11(10)16/h4-8,13H,3,17H2,1-2H3,(H,18,19). The zero-order valence-corrected chi connectivity index (χ0v) is 11.0. The molecule has 0 amide bonds. The van der Waals surface area contributed by atoms with Gasteiger partial charge in [0.05, 0.1) is 17.9 Å². The maximum Gasteiger partial charge on any atom is 0.135 e. The normalized spacial score (nSPS) is 14.4. The van der Waals surface area contributed by atoms with Crippen LogP contribution in [-0.4, -0.2) is 9.97 Å². The van der Waals surface area contributed by atoms with E-state index >= 15 is 0 Å². The van der Waals surface area contributed by atoms with Gasteiger partial charge in [0.1, 0.15) is 17.5 Å². The van der Waals surface area contributed by atoms with Gasteiger partial charge >= 0.3 is 0 Å². The van der Waals surface area contributed by atoms with E-state index in [4.69, 9.17) is 5.73 Å². The largest absolute Gasteiger partial charge is 0.341 e. The van der Waals surface area contributed by atoms with Crippen LogP contribution in [0.3, 0.4) is 0 Å². The minimum Gasteiger partial charge on any atom is -0.341 e. The average molecular weight is 265 g/mol. The Kier molecular flexibility index (Phi) is 3.95. The number of nitrogens with zero attached hydrogens (tertiary/aromatic N) is 1. The second-order valence-electron chi connectivity index (χ2n) is 4.72. The highest BCUT2D eigenvalue weighted by Gasteiger charge is 2.17. The number of H-pyrrole nitrogens is 1. The van der Waals surface area contributed by atoms with Crippen LogP contribution >= 0.6 is 0 Å². The molecule has 3 N–H and O–H groups in total. The second kappa shape index (κ2) is 5.48. The van der Waals surface area contributed by atoms with Crippen LogP contribution in [0.15, 0.2) is 24.4 Å². The number of aromatic nitrogens is 2. The van der Waals surface area contributed by atoms with Crippen molar-refractivity contribution in [2.24, 2.45) is 11.7 Å². The summed E-state index contributed by atoms with van der Waals surface area (Å²) in [7, 11) is 0. The Bertz CT molecular complexity index is 566. The van der Waals surface area contributed by atoms with E-state index in [1.54, 1.807) is 0 Å². The Balaban J connectivity index is 2.30. The highest BCUT2D eigenvalue weighted by molar-refractivity contribution is 5.59. The number of benzene rings is 1. The number of hydrogen-bond acceptors (Lipinski definition) is 2. The molecule has 0 aliphatic carbocycles. The first-order valence-electron chi connectivity index (χ1n) is 6.28. The minimum absolute atomic E-state index is 0.220. The lowest BCUT2D eigenvalue weighted by atomic mass is 10.00. The molecule has 1 aromatic carbocycles. The van der Waals surface area contributed by atoms with Gasteiger partial charge in [-0.05, 0) is 18.1 Å². The van der Waals surface area contributed by atoms with Crippen molar-refractivity contribution < 1.29 is 8.78 Å². The molecule has 0 saturated heterocycles. The molecule has 2 unspecified atom stereocenters. The zero-order chi connectivity index (χ0) is 14.0. The Labute approximate surface area is 110 Å². The van der Waals surface area contributed by atoms with Crippen LogP contribution in [0.5, 0.6) is 0 Å². The Morgan fingerprint density at radius 1 is 1.37 bits per heavy atom. The smallest absolute Gasteiger partial charge is 0.135 e. The fraction of sp³-hybridized carbons (Fsp3) is 0.357. The molecular formula is C14H17F2N3. The quantitative estimate of drug-likeness (QED) is 0.890. The van der Waals surface area contributed by atoms with Gasteiger partial charge in [0.25, 0.3) is 0 Å². The van der Waals surface area contributed by atoms with Crippen molar-refractivity contribution in [3.05, 3.63) is 41.9 Å². The molecule has 0 radical (unpaired) electrons. The van der Waals surface area contributed by atoms with Crippen LogP contribution in [-0.2, 0) is 0 Å². The van der Waals surface area contributed by atoms with E-state index in [0.29, 0.717) is 11.5 Å². The van der Waals surface area contributed by atoms with Gasteiger partial charge in [0, 0.05) is 11.6 Å². The van der Waals surface area contributed by atoms with Gasteiger partial charge in [-0.3, -0.25) is 0 Å². The Morgan fingerprint density at radius 2 is 2.11 bits per heavy atom. The summed E-state index contributed by atoms with van der Waals surface area (Å²) in [5, 5.41) is 0. The highest BCUT2D eigenvalue weighted by atomic mass is 19.1. The SMILES string of the molecule is CCC(C)C(N)c1ncc(-c2ccc(F)cc2F)[nH]1. The van der Waals surface area contributed by atoms with E-state index in [-0.39, 0.29) is 17.5 Å². The van der Waals surface area contributed by atoms with Crippen LogP contribution in [0, 0.1) is 17.6 Å². The van der Waals surface area contributed by atoms with Gasteiger partial charge in [-0.15, -0.1) is 0 Å². The number of aromatic amines is 1.